The summed E-state index contributed by atoms with van der Waals surface area (Å²) in [4.78, 5) is 10.5. The predicted octanol–water partition coefficient (Wildman–Crippen LogP) is 1.77. The number of rotatable bonds is 3. The van der Waals surface area contributed by atoms with Crippen LogP contribution in [0.1, 0.15) is 5.56 Å². The Morgan fingerprint density at radius 2 is 2.50 bits per heavy atom. The van der Waals surface area contributed by atoms with E-state index in [0.717, 1.165) is 16.8 Å². The molecule has 0 spiro atoms. The highest BCUT2D eigenvalue weighted by molar-refractivity contribution is 7.08. The third-order valence-electron chi connectivity index (χ3n) is 1.87. The lowest BCUT2D eigenvalue weighted by atomic mass is 10.1. The van der Waals surface area contributed by atoms with Crippen LogP contribution in [0.5, 0.6) is 0 Å². The molecule has 0 fully saturated rings. The molecule has 72 valence electrons. The third kappa shape index (κ3) is 1.67. The molecule has 2 rings (SSSR count). The molecule has 2 N–H and O–H groups in total. The zero-order chi connectivity index (χ0) is 9.97. The Labute approximate surface area is 84.2 Å². The van der Waals surface area contributed by atoms with Crippen molar-refractivity contribution in [3.8, 4) is 11.3 Å². The van der Waals surface area contributed by atoms with E-state index in [1.165, 1.54) is 0 Å². The van der Waals surface area contributed by atoms with Crippen LogP contribution in [0.4, 0.5) is 0 Å². The van der Waals surface area contributed by atoms with Gasteiger partial charge in [0.1, 0.15) is 0 Å². The molecule has 0 aromatic carbocycles. The number of hydrogen-bond acceptors (Lipinski definition) is 3. The van der Waals surface area contributed by atoms with Gasteiger partial charge in [0.25, 0.3) is 0 Å². The van der Waals surface area contributed by atoms with Gasteiger partial charge in [-0.15, -0.1) is 0 Å². The first-order valence-electron chi connectivity index (χ1n) is 4.04. The van der Waals surface area contributed by atoms with Crippen LogP contribution in [-0.2, 0) is 11.2 Å². The molecule has 0 aliphatic carbocycles. The van der Waals surface area contributed by atoms with Crippen LogP contribution >= 0.6 is 11.3 Å². The molecular formula is C9H8N2O2S. The molecule has 2 aromatic rings. The van der Waals surface area contributed by atoms with Crippen molar-refractivity contribution in [2.24, 2.45) is 0 Å². The summed E-state index contributed by atoms with van der Waals surface area (Å²) in [5.41, 5.74) is 2.51. The lowest BCUT2D eigenvalue weighted by molar-refractivity contribution is -0.136. The van der Waals surface area contributed by atoms with Gasteiger partial charge in [0.05, 0.1) is 18.3 Å². The van der Waals surface area contributed by atoms with Crippen molar-refractivity contribution in [3.63, 3.8) is 0 Å². The predicted molar refractivity (Wildman–Crippen MR) is 53.2 cm³/mol. The molecule has 4 nitrogen and oxygen atoms in total. The number of H-pyrrole nitrogens is 1. The van der Waals surface area contributed by atoms with Gasteiger partial charge in [-0.25, -0.2) is 0 Å². The topological polar surface area (TPSA) is 66.0 Å². The van der Waals surface area contributed by atoms with Crippen molar-refractivity contribution in [1.82, 2.24) is 10.2 Å². The zero-order valence-electron chi connectivity index (χ0n) is 7.23. The first kappa shape index (κ1) is 8.96. The van der Waals surface area contributed by atoms with Crippen LogP contribution in [0.3, 0.4) is 0 Å². The normalized spacial score (nSPS) is 10.3. The number of hydrogen-bond donors (Lipinski definition) is 2. The average molecular weight is 208 g/mol. The number of carboxylic acids is 1. The smallest absolute Gasteiger partial charge is 0.307 e. The Bertz CT molecular complexity index is 433. The summed E-state index contributed by atoms with van der Waals surface area (Å²) in [7, 11) is 0. The van der Waals surface area contributed by atoms with E-state index in [2.05, 4.69) is 10.2 Å². The maximum Gasteiger partial charge on any atom is 0.307 e. The number of nitrogens with one attached hydrogen (secondary N) is 1. The minimum absolute atomic E-state index is 0.00167. The van der Waals surface area contributed by atoms with Crippen LogP contribution in [0, 0.1) is 0 Å². The minimum Gasteiger partial charge on any atom is -0.481 e. The Morgan fingerprint density at radius 1 is 1.64 bits per heavy atom. The zero-order valence-corrected chi connectivity index (χ0v) is 8.04. The minimum atomic E-state index is -0.845. The standard InChI is InChI=1S/C9H8N2O2S/c12-8(13)3-7-4-10-11-9(7)6-1-2-14-5-6/h1-2,4-5H,3H2,(H,10,11)(H,12,13). The number of aromatic amines is 1. The summed E-state index contributed by atoms with van der Waals surface area (Å²) in [6.45, 7) is 0. The average Bonchev–Trinajstić information content (AvgIpc) is 2.70. The molecule has 0 unspecified atom stereocenters. The molecule has 0 aliphatic heterocycles. The van der Waals surface area contributed by atoms with Gasteiger partial charge < -0.3 is 5.11 Å². The van der Waals surface area contributed by atoms with Gasteiger partial charge in [0.15, 0.2) is 0 Å². The van der Waals surface area contributed by atoms with Crippen molar-refractivity contribution in [2.75, 3.05) is 0 Å². The van der Waals surface area contributed by atoms with Crippen molar-refractivity contribution < 1.29 is 9.90 Å². The van der Waals surface area contributed by atoms with Gasteiger partial charge in [0.2, 0.25) is 0 Å². The summed E-state index contributed by atoms with van der Waals surface area (Å²) in [5.74, 6) is -0.845. The van der Waals surface area contributed by atoms with Gasteiger partial charge >= 0.3 is 5.97 Å². The van der Waals surface area contributed by atoms with Crippen LogP contribution in [0.15, 0.2) is 23.0 Å². The molecule has 0 radical (unpaired) electrons. The first-order valence-corrected chi connectivity index (χ1v) is 4.98. The van der Waals surface area contributed by atoms with E-state index in [9.17, 15) is 4.79 Å². The highest BCUT2D eigenvalue weighted by Gasteiger charge is 2.10. The van der Waals surface area contributed by atoms with Crippen molar-refractivity contribution >= 4 is 17.3 Å². The Kier molecular flexibility index (Phi) is 2.32. The van der Waals surface area contributed by atoms with Crippen molar-refractivity contribution in [2.45, 2.75) is 6.42 Å². The number of aromatic nitrogens is 2. The molecule has 0 atom stereocenters. The van der Waals surface area contributed by atoms with Crippen molar-refractivity contribution in [3.05, 3.63) is 28.6 Å². The molecule has 0 aliphatic rings. The highest BCUT2D eigenvalue weighted by atomic mass is 32.1. The van der Waals surface area contributed by atoms with Gasteiger partial charge in [-0.1, -0.05) is 0 Å². The fraction of sp³-hybridized carbons (Fsp3) is 0.111. The van der Waals surface area contributed by atoms with Crippen LogP contribution in [-0.4, -0.2) is 21.3 Å². The fourth-order valence-corrected chi connectivity index (χ4v) is 1.91. The van der Waals surface area contributed by atoms with Crippen LogP contribution in [0.25, 0.3) is 11.3 Å². The van der Waals surface area contributed by atoms with E-state index in [-0.39, 0.29) is 6.42 Å². The van der Waals surface area contributed by atoms with E-state index in [1.54, 1.807) is 17.5 Å². The second-order valence-corrected chi connectivity index (χ2v) is 3.63. The fourth-order valence-electron chi connectivity index (χ4n) is 1.26. The molecular weight excluding hydrogens is 200 g/mol. The van der Waals surface area contributed by atoms with E-state index >= 15 is 0 Å². The maximum atomic E-state index is 10.5. The maximum absolute atomic E-state index is 10.5. The summed E-state index contributed by atoms with van der Waals surface area (Å²) in [6.07, 6.45) is 1.56. The number of carboxylic acid groups (broad SMARTS) is 1. The molecule has 0 saturated carbocycles. The van der Waals surface area contributed by atoms with Crippen LogP contribution in [0.2, 0.25) is 0 Å². The Balaban J connectivity index is 2.35. The second kappa shape index (κ2) is 3.63. The summed E-state index contributed by atoms with van der Waals surface area (Å²) >= 11 is 1.57. The van der Waals surface area contributed by atoms with E-state index in [1.807, 2.05) is 16.8 Å². The monoisotopic (exact) mass is 208 g/mol. The summed E-state index contributed by atoms with van der Waals surface area (Å²) < 4.78 is 0. The summed E-state index contributed by atoms with van der Waals surface area (Å²) in [6, 6.07) is 1.93. The van der Waals surface area contributed by atoms with Gasteiger partial charge in [-0.3, -0.25) is 9.89 Å². The SMILES string of the molecule is O=C(O)Cc1cn[nH]c1-c1ccsc1. The second-order valence-electron chi connectivity index (χ2n) is 2.85. The van der Waals surface area contributed by atoms with E-state index < -0.39 is 5.97 Å². The van der Waals surface area contributed by atoms with E-state index in [0.29, 0.717) is 0 Å². The third-order valence-corrected chi connectivity index (χ3v) is 2.55. The largest absolute Gasteiger partial charge is 0.481 e. The molecule has 0 bridgehead atoms. The highest BCUT2D eigenvalue weighted by Crippen LogP contribution is 2.23. The van der Waals surface area contributed by atoms with Gasteiger partial charge in [-0.05, 0) is 11.4 Å². The van der Waals surface area contributed by atoms with Gasteiger partial charge in [0, 0.05) is 16.5 Å². The lowest BCUT2D eigenvalue weighted by Crippen LogP contribution is -1.99. The summed E-state index contributed by atoms with van der Waals surface area (Å²) in [5, 5.41) is 19.2. The quantitative estimate of drug-likeness (QED) is 0.807. The first-order chi connectivity index (χ1) is 6.77. The molecule has 5 heteroatoms. The molecule has 2 heterocycles. The number of nitrogens with zero attached hydrogens (tertiary/aromatic N) is 1. The molecule has 14 heavy (non-hydrogen) atoms. The number of aliphatic carboxylic acids is 1. The molecule has 2 aromatic heterocycles. The Hall–Kier alpha value is -1.62. The van der Waals surface area contributed by atoms with E-state index in [4.69, 9.17) is 5.11 Å². The molecule has 0 saturated heterocycles. The Morgan fingerprint density at radius 3 is 3.14 bits per heavy atom. The number of carbonyl (C=O) groups is 1. The van der Waals surface area contributed by atoms with Crippen molar-refractivity contribution in [1.29, 1.82) is 0 Å². The lowest BCUT2D eigenvalue weighted by Gasteiger charge is -1.96. The molecule has 0 amide bonds. The van der Waals surface area contributed by atoms with Gasteiger partial charge in [-0.2, -0.15) is 16.4 Å². The van der Waals surface area contributed by atoms with Crippen LogP contribution < -0.4 is 0 Å². The number of thiophene rings is 1.